The van der Waals surface area contributed by atoms with Gasteiger partial charge >= 0.3 is 0 Å². The second-order valence-electron chi connectivity index (χ2n) is 5.36. The third-order valence-electron chi connectivity index (χ3n) is 3.66. The maximum Gasteiger partial charge on any atom is 0.127 e. The standard InChI is InChI=1S/C17H17FN2O/c1-10-7-11(2)17(21)14(8-10)16-9-15(19-20-16)12-3-5-13(18)6-4-12/h3-9,15,19-21H,1-2H3/t15-/m1/s1. The van der Waals surface area contributed by atoms with Crippen LogP contribution >= 0.6 is 0 Å². The fraction of sp³-hybridized carbons (Fsp3) is 0.176. The van der Waals surface area contributed by atoms with Crippen LogP contribution in [0.25, 0.3) is 5.70 Å². The third kappa shape index (κ3) is 2.62. The summed E-state index contributed by atoms with van der Waals surface area (Å²) in [5, 5.41) is 10.2. The molecule has 0 aliphatic carbocycles. The molecule has 4 heteroatoms. The smallest absolute Gasteiger partial charge is 0.127 e. The van der Waals surface area contributed by atoms with Gasteiger partial charge in [-0.2, -0.15) is 0 Å². The number of aryl methyl sites for hydroxylation is 2. The van der Waals surface area contributed by atoms with Crippen LogP contribution in [0.15, 0.2) is 42.5 Å². The van der Waals surface area contributed by atoms with Crippen LogP contribution in [0.3, 0.4) is 0 Å². The maximum absolute atomic E-state index is 13.0. The van der Waals surface area contributed by atoms with Gasteiger partial charge in [-0.05, 0) is 54.8 Å². The lowest BCUT2D eigenvalue weighted by Crippen LogP contribution is -2.26. The zero-order valence-electron chi connectivity index (χ0n) is 11.9. The predicted octanol–water partition coefficient (Wildman–Crippen LogP) is 3.34. The number of benzene rings is 2. The molecule has 0 fully saturated rings. The summed E-state index contributed by atoms with van der Waals surface area (Å²) in [6, 6.07) is 10.2. The molecule has 0 spiro atoms. The maximum atomic E-state index is 13.0. The fourth-order valence-corrected chi connectivity index (χ4v) is 2.58. The molecule has 1 atom stereocenters. The molecule has 3 nitrogen and oxygen atoms in total. The molecule has 3 N–H and O–H groups in total. The van der Waals surface area contributed by atoms with Crippen molar-refractivity contribution >= 4 is 5.70 Å². The summed E-state index contributed by atoms with van der Waals surface area (Å²) in [5.74, 6) is 0.0294. The fourth-order valence-electron chi connectivity index (χ4n) is 2.58. The summed E-state index contributed by atoms with van der Waals surface area (Å²) in [7, 11) is 0. The number of phenolic OH excluding ortho intramolecular Hbond substituents is 1. The Balaban J connectivity index is 1.95. The van der Waals surface area contributed by atoms with Crippen LogP contribution in [0, 0.1) is 19.7 Å². The van der Waals surface area contributed by atoms with E-state index >= 15 is 0 Å². The SMILES string of the molecule is Cc1cc(C)c(O)c(C2=C[C@H](c3ccc(F)cc3)NN2)c1. The molecular formula is C17H17FN2O. The molecule has 0 amide bonds. The van der Waals surface area contributed by atoms with Gasteiger partial charge in [-0.3, -0.25) is 0 Å². The summed E-state index contributed by atoms with van der Waals surface area (Å²) in [6.07, 6.45) is 1.99. The Hall–Kier alpha value is -2.33. The summed E-state index contributed by atoms with van der Waals surface area (Å²) in [4.78, 5) is 0. The van der Waals surface area contributed by atoms with Crippen LogP contribution in [0.4, 0.5) is 4.39 Å². The van der Waals surface area contributed by atoms with Gasteiger partial charge in [0, 0.05) is 5.56 Å². The largest absolute Gasteiger partial charge is 0.507 e. The van der Waals surface area contributed by atoms with Crippen molar-refractivity contribution in [3.05, 3.63) is 70.5 Å². The first-order valence-corrected chi connectivity index (χ1v) is 6.84. The lowest BCUT2D eigenvalue weighted by Gasteiger charge is -2.11. The van der Waals surface area contributed by atoms with Crippen molar-refractivity contribution in [2.24, 2.45) is 0 Å². The van der Waals surface area contributed by atoms with Crippen LogP contribution in [-0.4, -0.2) is 5.11 Å². The van der Waals surface area contributed by atoms with E-state index in [9.17, 15) is 9.50 Å². The molecule has 0 unspecified atom stereocenters. The van der Waals surface area contributed by atoms with E-state index in [1.807, 2.05) is 32.1 Å². The Kier molecular flexibility index (Phi) is 3.39. The van der Waals surface area contributed by atoms with E-state index in [0.29, 0.717) is 0 Å². The van der Waals surface area contributed by atoms with Crippen LogP contribution in [0.1, 0.15) is 28.3 Å². The number of hydrazine groups is 1. The number of phenols is 1. The second kappa shape index (κ2) is 5.22. The van der Waals surface area contributed by atoms with Crippen LogP contribution in [0.2, 0.25) is 0 Å². The van der Waals surface area contributed by atoms with Crippen LogP contribution in [-0.2, 0) is 0 Å². The van der Waals surface area contributed by atoms with Crippen molar-refractivity contribution < 1.29 is 9.50 Å². The molecular weight excluding hydrogens is 267 g/mol. The Bertz CT molecular complexity index is 707. The second-order valence-corrected chi connectivity index (χ2v) is 5.36. The molecule has 0 bridgehead atoms. The van der Waals surface area contributed by atoms with Gasteiger partial charge in [0.15, 0.2) is 0 Å². The Labute approximate surface area is 123 Å². The average molecular weight is 284 g/mol. The summed E-state index contributed by atoms with van der Waals surface area (Å²) >= 11 is 0. The van der Waals surface area contributed by atoms with Gasteiger partial charge in [0.1, 0.15) is 11.6 Å². The van der Waals surface area contributed by atoms with Crippen molar-refractivity contribution in [2.75, 3.05) is 0 Å². The molecule has 21 heavy (non-hydrogen) atoms. The molecule has 2 aromatic carbocycles. The topological polar surface area (TPSA) is 44.3 Å². The van der Waals surface area contributed by atoms with Crippen molar-refractivity contribution in [3.63, 3.8) is 0 Å². The van der Waals surface area contributed by atoms with Gasteiger partial charge in [-0.1, -0.05) is 18.2 Å². The highest BCUT2D eigenvalue weighted by atomic mass is 19.1. The number of aromatic hydroxyl groups is 1. The van der Waals surface area contributed by atoms with Crippen molar-refractivity contribution in [2.45, 2.75) is 19.9 Å². The molecule has 0 saturated heterocycles. The van der Waals surface area contributed by atoms with Gasteiger partial charge in [0.2, 0.25) is 0 Å². The minimum absolute atomic E-state index is 0.0548. The third-order valence-corrected chi connectivity index (χ3v) is 3.66. The molecule has 1 aliphatic heterocycles. The number of hydrogen-bond acceptors (Lipinski definition) is 3. The number of nitrogens with one attached hydrogen (secondary N) is 2. The van der Waals surface area contributed by atoms with E-state index in [1.165, 1.54) is 12.1 Å². The Morgan fingerprint density at radius 2 is 1.81 bits per heavy atom. The van der Waals surface area contributed by atoms with E-state index in [4.69, 9.17) is 0 Å². The molecule has 108 valence electrons. The highest BCUT2D eigenvalue weighted by Gasteiger charge is 2.20. The number of hydrogen-bond donors (Lipinski definition) is 3. The van der Waals surface area contributed by atoms with E-state index in [2.05, 4.69) is 10.9 Å². The van der Waals surface area contributed by atoms with Gasteiger partial charge in [0.05, 0.1) is 11.7 Å². The first-order valence-electron chi connectivity index (χ1n) is 6.84. The minimum Gasteiger partial charge on any atom is -0.507 e. The zero-order chi connectivity index (χ0) is 15.0. The van der Waals surface area contributed by atoms with Gasteiger partial charge < -0.3 is 10.5 Å². The van der Waals surface area contributed by atoms with Gasteiger partial charge in [-0.15, -0.1) is 0 Å². The highest BCUT2D eigenvalue weighted by Crippen LogP contribution is 2.32. The number of rotatable bonds is 2. The summed E-state index contributed by atoms with van der Waals surface area (Å²) in [5.41, 5.74) is 10.7. The van der Waals surface area contributed by atoms with E-state index in [1.54, 1.807) is 12.1 Å². The van der Waals surface area contributed by atoms with Crippen molar-refractivity contribution in [3.8, 4) is 5.75 Å². The van der Waals surface area contributed by atoms with Gasteiger partial charge in [-0.25, -0.2) is 9.82 Å². The molecule has 1 aliphatic rings. The first kappa shape index (κ1) is 13.6. The van der Waals surface area contributed by atoms with E-state index < -0.39 is 0 Å². The zero-order valence-corrected chi connectivity index (χ0v) is 11.9. The highest BCUT2D eigenvalue weighted by molar-refractivity contribution is 5.72. The lowest BCUT2D eigenvalue weighted by molar-refractivity contribution is 0.468. The Morgan fingerprint density at radius 3 is 2.52 bits per heavy atom. The van der Waals surface area contributed by atoms with E-state index in [0.717, 1.165) is 28.0 Å². The van der Waals surface area contributed by atoms with Crippen LogP contribution in [0.5, 0.6) is 5.75 Å². The monoisotopic (exact) mass is 284 g/mol. The first-order chi connectivity index (χ1) is 10.0. The van der Waals surface area contributed by atoms with Gasteiger partial charge in [0.25, 0.3) is 0 Å². The molecule has 3 rings (SSSR count). The van der Waals surface area contributed by atoms with Crippen molar-refractivity contribution in [1.82, 2.24) is 10.9 Å². The quantitative estimate of drug-likeness (QED) is 0.792. The molecule has 0 saturated carbocycles. The van der Waals surface area contributed by atoms with Crippen molar-refractivity contribution in [1.29, 1.82) is 0 Å². The number of halogens is 1. The minimum atomic E-state index is -0.249. The molecule has 2 aromatic rings. The normalized spacial score (nSPS) is 17.5. The lowest BCUT2D eigenvalue weighted by atomic mass is 10.0. The predicted molar refractivity (Wildman–Crippen MR) is 81.0 cm³/mol. The molecule has 1 heterocycles. The van der Waals surface area contributed by atoms with E-state index in [-0.39, 0.29) is 17.6 Å². The molecule has 0 radical (unpaired) electrons. The van der Waals surface area contributed by atoms with Crippen LogP contribution < -0.4 is 10.9 Å². The summed E-state index contributed by atoms with van der Waals surface area (Å²) in [6.45, 7) is 3.88. The molecule has 0 aromatic heterocycles. The summed E-state index contributed by atoms with van der Waals surface area (Å²) < 4.78 is 13.0. The average Bonchev–Trinajstić information content (AvgIpc) is 2.93. The Morgan fingerprint density at radius 1 is 1.10 bits per heavy atom.